The smallest absolute Gasteiger partial charge is 0.314 e. The SMILES string of the molecule is COc1ccc([C@@H]2[C@H](S(C)(=O)=O)[C@@]2(CO)C(=O)O)cc1. The minimum absolute atomic E-state index is 0.567. The van der Waals surface area contributed by atoms with E-state index in [0.29, 0.717) is 11.3 Å². The lowest BCUT2D eigenvalue weighted by molar-refractivity contribution is -0.145. The highest BCUT2D eigenvalue weighted by molar-refractivity contribution is 7.91. The Kier molecular flexibility index (Phi) is 3.51. The molecule has 1 saturated carbocycles. The van der Waals surface area contributed by atoms with Gasteiger partial charge in [0.25, 0.3) is 0 Å². The average molecular weight is 300 g/mol. The highest BCUT2D eigenvalue weighted by atomic mass is 32.2. The van der Waals surface area contributed by atoms with Crippen LogP contribution in [0, 0.1) is 5.41 Å². The molecular formula is C13H16O6S. The Bertz CT molecular complexity index is 621. The monoisotopic (exact) mass is 300 g/mol. The summed E-state index contributed by atoms with van der Waals surface area (Å²) in [6, 6.07) is 6.53. The highest BCUT2D eigenvalue weighted by Gasteiger charge is 2.74. The number of aliphatic carboxylic acids is 1. The molecule has 0 aromatic heterocycles. The number of hydrogen-bond donors (Lipinski definition) is 2. The van der Waals surface area contributed by atoms with E-state index in [1.165, 1.54) is 7.11 Å². The lowest BCUT2D eigenvalue weighted by atomic mass is 10.00. The second-order valence-corrected chi connectivity index (χ2v) is 7.17. The fourth-order valence-corrected chi connectivity index (χ4v) is 4.73. The number of carboxylic acid groups (broad SMARTS) is 1. The molecule has 110 valence electrons. The van der Waals surface area contributed by atoms with Crippen LogP contribution in [-0.2, 0) is 14.6 Å². The number of carboxylic acids is 1. The summed E-state index contributed by atoms with van der Waals surface area (Å²) in [7, 11) is -2.08. The minimum Gasteiger partial charge on any atom is -0.497 e. The van der Waals surface area contributed by atoms with E-state index >= 15 is 0 Å². The van der Waals surface area contributed by atoms with Crippen LogP contribution >= 0.6 is 0 Å². The van der Waals surface area contributed by atoms with E-state index < -0.39 is 39.0 Å². The van der Waals surface area contributed by atoms with Crippen LogP contribution in [0.5, 0.6) is 5.75 Å². The molecule has 1 aliphatic carbocycles. The third-order valence-corrected chi connectivity index (χ3v) is 5.47. The van der Waals surface area contributed by atoms with Gasteiger partial charge in [-0.15, -0.1) is 0 Å². The number of rotatable bonds is 5. The zero-order valence-electron chi connectivity index (χ0n) is 11.1. The summed E-state index contributed by atoms with van der Waals surface area (Å²) in [4.78, 5) is 11.4. The third-order valence-electron chi connectivity index (χ3n) is 3.85. The molecule has 3 atom stereocenters. The van der Waals surface area contributed by atoms with Gasteiger partial charge in [-0.2, -0.15) is 0 Å². The first-order valence-corrected chi connectivity index (χ1v) is 7.91. The van der Waals surface area contributed by atoms with Gasteiger partial charge in [0.2, 0.25) is 0 Å². The molecule has 0 bridgehead atoms. The van der Waals surface area contributed by atoms with Crippen LogP contribution in [0.15, 0.2) is 24.3 Å². The fraction of sp³-hybridized carbons (Fsp3) is 0.462. The Hall–Kier alpha value is -1.60. The Morgan fingerprint density at radius 2 is 1.90 bits per heavy atom. The highest BCUT2D eigenvalue weighted by Crippen LogP contribution is 2.62. The minimum atomic E-state index is -3.58. The Morgan fingerprint density at radius 1 is 1.35 bits per heavy atom. The van der Waals surface area contributed by atoms with Gasteiger partial charge in [-0.05, 0) is 17.7 Å². The van der Waals surface area contributed by atoms with Crippen molar-refractivity contribution >= 4 is 15.8 Å². The van der Waals surface area contributed by atoms with Crippen LogP contribution in [0.3, 0.4) is 0 Å². The number of benzene rings is 1. The van der Waals surface area contributed by atoms with E-state index in [1.807, 2.05) is 0 Å². The fourth-order valence-electron chi connectivity index (χ4n) is 2.83. The number of carbonyl (C=O) groups is 1. The normalized spacial score (nSPS) is 28.9. The molecule has 0 heterocycles. The maximum absolute atomic E-state index is 11.8. The molecule has 1 aromatic rings. The van der Waals surface area contributed by atoms with Crippen molar-refractivity contribution in [2.24, 2.45) is 5.41 Å². The number of ether oxygens (including phenoxy) is 1. The van der Waals surface area contributed by atoms with Gasteiger partial charge in [0.1, 0.15) is 11.2 Å². The van der Waals surface area contributed by atoms with E-state index in [4.69, 9.17) is 4.74 Å². The van der Waals surface area contributed by atoms with E-state index in [0.717, 1.165) is 6.26 Å². The molecule has 0 aliphatic heterocycles. The largest absolute Gasteiger partial charge is 0.497 e. The molecule has 0 unspecified atom stereocenters. The molecule has 2 N–H and O–H groups in total. The molecule has 0 radical (unpaired) electrons. The van der Waals surface area contributed by atoms with E-state index in [1.54, 1.807) is 24.3 Å². The first-order valence-electron chi connectivity index (χ1n) is 5.96. The summed E-state index contributed by atoms with van der Waals surface area (Å²) in [6.07, 6.45) is 0.995. The van der Waals surface area contributed by atoms with Crippen molar-refractivity contribution in [2.75, 3.05) is 20.0 Å². The van der Waals surface area contributed by atoms with Gasteiger partial charge in [-0.1, -0.05) is 12.1 Å². The Balaban J connectivity index is 2.46. The predicted molar refractivity (Wildman–Crippen MR) is 71.5 cm³/mol. The molecule has 0 spiro atoms. The third kappa shape index (κ3) is 2.06. The van der Waals surface area contributed by atoms with Crippen LogP contribution in [0.1, 0.15) is 11.5 Å². The Morgan fingerprint density at radius 3 is 2.20 bits per heavy atom. The molecule has 0 saturated heterocycles. The quantitative estimate of drug-likeness (QED) is 0.809. The summed E-state index contributed by atoms with van der Waals surface area (Å²) >= 11 is 0. The zero-order valence-corrected chi connectivity index (χ0v) is 11.9. The van der Waals surface area contributed by atoms with Gasteiger partial charge >= 0.3 is 5.97 Å². The van der Waals surface area contributed by atoms with Crippen LogP contribution in [0.25, 0.3) is 0 Å². The standard InChI is InChI=1S/C13H16O6S/c1-19-9-5-3-8(4-6-9)10-11(20(2,17)18)13(10,7-14)12(15)16/h3-6,10-11,14H,7H2,1-2H3,(H,15,16)/t10-,11+,13+/m1/s1. The summed E-state index contributed by atoms with van der Waals surface area (Å²) < 4.78 is 28.6. The molecule has 1 aliphatic rings. The number of aliphatic hydroxyl groups excluding tert-OH is 1. The maximum Gasteiger partial charge on any atom is 0.314 e. The summed E-state index contributed by atoms with van der Waals surface area (Å²) in [6.45, 7) is -0.712. The number of aliphatic hydroxyl groups is 1. The second-order valence-electron chi connectivity index (χ2n) is 5.00. The van der Waals surface area contributed by atoms with Crippen LogP contribution in [0.2, 0.25) is 0 Å². The van der Waals surface area contributed by atoms with Crippen molar-refractivity contribution in [3.05, 3.63) is 29.8 Å². The van der Waals surface area contributed by atoms with Crippen molar-refractivity contribution < 1.29 is 28.2 Å². The Labute approximate surface area is 116 Å². The zero-order chi connectivity index (χ0) is 15.1. The molecule has 2 rings (SSSR count). The van der Waals surface area contributed by atoms with Crippen LogP contribution in [-0.4, -0.2) is 49.8 Å². The molecule has 20 heavy (non-hydrogen) atoms. The van der Waals surface area contributed by atoms with Crippen molar-refractivity contribution in [3.8, 4) is 5.75 Å². The van der Waals surface area contributed by atoms with Crippen LogP contribution in [0.4, 0.5) is 0 Å². The molecule has 0 amide bonds. The number of hydrogen-bond acceptors (Lipinski definition) is 5. The van der Waals surface area contributed by atoms with Gasteiger partial charge in [-0.25, -0.2) is 8.42 Å². The molecule has 1 aromatic carbocycles. The predicted octanol–water partition coefficient (Wildman–Crippen LogP) is 0.269. The molecule has 6 nitrogen and oxygen atoms in total. The molecular weight excluding hydrogens is 284 g/mol. The average Bonchev–Trinajstić information content (AvgIpc) is 3.09. The van der Waals surface area contributed by atoms with Gasteiger partial charge in [0.15, 0.2) is 9.84 Å². The van der Waals surface area contributed by atoms with E-state index in [9.17, 15) is 23.4 Å². The lowest BCUT2D eigenvalue weighted by Crippen LogP contribution is -2.27. The first kappa shape index (κ1) is 14.8. The topological polar surface area (TPSA) is 101 Å². The van der Waals surface area contributed by atoms with Crippen molar-refractivity contribution in [2.45, 2.75) is 11.2 Å². The number of sulfone groups is 1. The van der Waals surface area contributed by atoms with Crippen molar-refractivity contribution in [3.63, 3.8) is 0 Å². The maximum atomic E-state index is 11.8. The van der Waals surface area contributed by atoms with Crippen LogP contribution < -0.4 is 4.74 Å². The van der Waals surface area contributed by atoms with E-state index in [2.05, 4.69) is 0 Å². The number of methoxy groups -OCH3 is 1. The molecule has 1 fully saturated rings. The lowest BCUT2D eigenvalue weighted by Gasteiger charge is -2.08. The first-order chi connectivity index (χ1) is 9.29. The van der Waals surface area contributed by atoms with Gasteiger partial charge in [-0.3, -0.25) is 4.79 Å². The summed E-state index contributed by atoms with van der Waals surface area (Å²) in [5.41, 5.74) is -1.08. The summed E-state index contributed by atoms with van der Waals surface area (Å²) in [5.74, 6) is -1.45. The van der Waals surface area contributed by atoms with Gasteiger partial charge in [0, 0.05) is 12.2 Å². The van der Waals surface area contributed by atoms with Crippen molar-refractivity contribution in [1.82, 2.24) is 0 Å². The second kappa shape index (κ2) is 4.75. The van der Waals surface area contributed by atoms with Gasteiger partial charge in [0.05, 0.1) is 19.0 Å². The van der Waals surface area contributed by atoms with Gasteiger partial charge < -0.3 is 14.9 Å². The van der Waals surface area contributed by atoms with Crippen molar-refractivity contribution in [1.29, 1.82) is 0 Å². The van der Waals surface area contributed by atoms with E-state index in [-0.39, 0.29) is 0 Å². The molecule has 7 heteroatoms. The summed E-state index contributed by atoms with van der Waals surface area (Å²) in [5, 5.41) is 17.6.